The number of carbonyl (C=O) groups is 1. The van der Waals surface area contributed by atoms with Crippen molar-refractivity contribution >= 4 is 21.8 Å². The SMILES string of the molecule is [2H]C([2H])([2H])C([2H])(C([2H])([2H])[2H])C([2H])([2H])N(C([2H])([2H])[C@]([2H])(O)[C@H](Cc1ccccc1)NC(=O)O[C@H]1CO[C@H]2OCC[C@H]21)S(=O)(=O)c1ccc(N)cc1. The van der Waals surface area contributed by atoms with E-state index in [1.165, 1.54) is 24.3 Å². The van der Waals surface area contributed by atoms with Gasteiger partial charge in [0, 0.05) is 33.8 Å². The van der Waals surface area contributed by atoms with E-state index in [1.807, 2.05) is 0 Å². The molecule has 4 N–H and O–H groups in total. The summed E-state index contributed by atoms with van der Waals surface area (Å²) in [5.41, 5.74) is 5.89. The smallest absolute Gasteiger partial charge is 0.407 e. The number of carbonyl (C=O) groups excluding carboxylic acids is 1. The molecule has 2 saturated heterocycles. The van der Waals surface area contributed by atoms with Gasteiger partial charge in [0.1, 0.15) is 6.10 Å². The second kappa shape index (κ2) is 12.4. The van der Waals surface area contributed by atoms with Crippen LogP contribution >= 0.6 is 0 Å². The minimum absolute atomic E-state index is 0.00729. The van der Waals surface area contributed by atoms with Gasteiger partial charge in [0.05, 0.1) is 37.5 Å². The molecule has 11 heteroatoms. The van der Waals surface area contributed by atoms with Gasteiger partial charge in [-0.2, -0.15) is 4.31 Å². The van der Waals surface area contributed by atoms with Crippen molar-refractivity contribution < 1.29 is 49.0 Å². The van der Waals surface area contributed by atoms with Crippen molar-refractivity contribution in [2.45, 2.75) is 56.0 Å². The third-order valence-electron chi connectivity index (χ3n) is 6.00. The third kappa shape index (κ3) is 7.03. The number of hydrogen-bond donors (Lipinski definition) is 3. The van der Waals surface area contributed by atoms with Crippen LogP contribution in [-0.4, -0.2) is 74.6 Å². The van der Waals surface area contributed by atoms with Crippen LogP contribution in [0.1, 0.15) is 42.1 Å². The van der Waals surface area contributed by atoms with Gasteiger partial charge in [-0.1, -0.05) is 44.0 Å². The van der Waals surface area contributed by atoms with E-state index in [-0.39, 0.29) is 23.8 Å². The standard InChI is InChI=1S/C27H37N3O7S/c1-18(2)15-30(38(33,34)21-10-8-20(28)9-11-21)16-24(31)23(14-19-6-4-3-5-7-19)29-27(32)37-25-17-36-26-22(25)12-13-35-26/h3-11,18,22-26,31H,12-17,28H2,1-2H3,(H,29,32)/t22-,23-,24-,25-,26+/m0/s1/i1D3,2D3,15D2,16D2,18D,24D. The van der Waals surface area contributed by atoms with Gasteiger partial charge < -0.3 is 30.4 Å². The Morgan fingerprint density at radius 2 is 1.97 bits per heavy atom. The first-order valence-electron chi connectivity index (χ1n) is 17.7. The molecule has 0 aliphatic carbocycles. The van der Waals surface area contributed by atoms with Crippen LogP contribution in [0.4, 0.5) is 10.5 Å². The van der Waals surface area contributed by atoms with Crippen LogP contribution in [0.5, 0.6) is 0 Å². The lowest BCUT2D eigenvalue weighted by Gasteiger charge is -2.31. The van der Waals surface area contributed by atoms with E-state index in [4.69, 9.17) is 36.4 Å². The third-order valence-corrected chi connectivity index (χ3v) is 7.53. The summed E-state index contributed by atoms with van der Waals surface area (Å²) in [5.74, 6) is -4.80. The summed E-state index contributed by atoms with van der Waals surface area (Å²) in [5, 5.41) is 14.0. The number of nitrogen functional groups attached to an aromatic ring is 1. The molecule has 2 aliphatic heterocycles. The van der Waals surface area contributed by atoms with Crippen molar-refractivity contribution in [2.75, 3.05) is 31.9 Å². The van der Waals surface area contributed by atoms with Crippen LogP contribution in [0, 0.1) is 11.8 Å². The Morgan fingerprint density at radius 1 is 1.24 bits per heavy atom. The number of alkyl carbamates (subject to hydrolysis) is 1. The molecule has 208 valence electrons. The zero-order valence-electron chi connectivity index (χ0n) is 32.2. The highest BCUT2D eigenvalue weighted by Crippen LogP contribution is 2.33. The first kappa shape index (κ1) is 16.4. The zero-order chi connectivity index (χ0) is 37.7. The fraction of sp³-hybridized carbons (Fsp3) is 0.519. The number of nitrogens with one attached hydrogen (secondary N) is 1. The molecular formula is C27H37N3O7S. The van der Waals surface area contributed by atoms with Crippen LogP contribution in [0.25, 0.3) is 0 Å². The molecule has 5 atom stereocenters. The highest BCUT2D eigenvalue weighted by atomic mass is 32.2. The van der Waals surface area contributed by atoms with E-state index < -0.39 is 88.8 Å². The average molecular weight is 560 g/mol. The van der Waals surface area contributed by atoms with E-state index in [0.29, 0.717) is 13.0 Å². The Hall–Kier alpha value is -2.70. The van der Waals surface area contributed by atoms with E-state index in [0.717, 1.165) is 24.3 Å². The van der Waals surface area contributed by atoms with Crippen molar-refractivity contribution in [1.82, 2.24) is 9.62 Å². The summed E-state index contributed by atoms with van der Waals surface area (Å²) in [6, 6.07) is 8.90. The molecule has 0 unspecified atom stereocenters. The Kier molecular flexibility index (Phi) is 5.37. The largest absolute Gasteiger partial charge is 0.443 e. The highest BCUT2D eigenvalue weighted by Gasteiger charge is 2.44. The molecule has 1 amide bonds. The number of benzene rings is 2. The Balaban J connectivity index is 1.88. The number of hydrogen-bond acceptors (Lipinski definition) is 8. The fourth-order valence-electron chi connectivity index (χ4n) is 4.10. The predicted molar refractivity (Wildman–Crippen MR) is 142 cm³/mol. The summed E-state index contributed by atoms with van der Waals surface area (Å²) in [6.07, 6.45) is -6.96. The normalized spacial score (nSPS) is 30.0. The summed E-state index contributed by atoms with van der Waals surface area (Å²) < 4.78 is 144. The summed E-state index contributed by atoms with van der Waals surface area (Å²) in [6.45, 7) is -17.0. The molecule has 0 spiro atoms. The first-order chi connectivity index (χ1) is 22.8. The minimum Gasteiger partial charge on any atom is -0.443 e. The second-order valence-electron chi connectivity index (χ2n) is 8.68. The van der Waals surface area contributed by atoms with Crippen molar-refractivity contribution in [3.63, 3.8) is 0 Å². The van der Waals surface area contributed by atoms with E-state index >= 15 is 0 Å². The maximum atomic E-state index is 14.2. The fourth-order valence-corrected chi connectivity index (χ4v) is 5.22. The van der Waals surface area contributed by atoms with E-state index in [9.17, 15) is 18.3 Å². The average Bonchev–Trinajstić information content (AvgIpc) is 3.60. The number of aliphatic hydroxyl groups is 1. The Labute approximate surface area is 241 Å². The minimum atomic E-state index is -5.83. The number of nitrogens with two attached hydrogens (primary N) is 1. The monoisotopic (exact) mass is 559 g/mol. The van der Waals surface area contributed by atoms with Gasteiger partial charge in [-0.3, -0.25) is 0 Å². The van der Waals surface area contributed by atoms with Crippen LogP contribution in [0.3, 0.4) is 0 Å². The first-order valence-corrected chi connectivity index (χ1v) is 13.1. The maximum absolute atomic E-state index is 14.2. The number of nitrogens with zero attached hydrogens (tertiary/aromatic N) is 1. The van der Waals surface area contributed by atoms with Crippen molar-refractivity contribution in [1.29, 1.82) is 0 Å². The van der Waals surface area contributed by atoms with Crippen molar-refractivity contribution in [3.8, 4) is 0 Å². The topological polar surface area (TPSA) is 140 Å². The van der Waals surface area contributed by atoms with Gasteiger partial charge in [-0.25, -0.2) is 13.2 Å². The lowest BCUT2D eigenvalue weighted by atomic mass is 10.0. The van der Waals surface area contributed by atoms with Crippen LogP contribution in [0.2, 0.25) is 0 Å². The molecule has 38 heavy (non-hydrogen) atoms. The van der Waals surface area contributed by atoms with Gasteiger partial charge in [0.25, 0.3) is 0 Å². The van der Waals surface area contributed by atoms with E-state index in [1.54, 1.807) is 6.07 Å². The van der Waals surface area contributed by atoms with Crippen molar-refractivity contribution in [2.24, 2.45) is 11.8 Å². The summed E-state index contributed by atoms with van der Waals surface area (Å²) in [7, 11) is -5.83. The van der Waals surface area contributed by atoms with Gasteiger partial charge in [-0.05, 0) is 48.6 Å². The van der Waals surface area contributed by atoms with Gasteiger partial charge in [0.2, 0.25) is 10.0 Å². The number of sulfonamides is 1. The molecular weight excluding hydrogens is 510 g/mol. The van der Waals surface area contributed by atoms with Gasteiger partial charge in [0.15, 0.2) is 6.29 Å². The molecule has 0 saturated carbocycles. The molecule has 2 fully saturated rings. The Bertz CT molecular complexity index is 1610. The number of rotatable bonds is 11. The molecule has 0 bridgehead atoms. The molecule has 2 aliphatic rings. The molecule has 2 heterocycles. The lowest BCUT2D eigenvalue weighted by Crippen LogP contribution is -2.51. The molecule has 10 nitrogen and oxygen atoms in total. The van der Waals surface area contributed by atoms with Crippen LogP contribution in [-0.2, 0) is 30.7 Å². The summed E-state index contributed by atoms with van der Waals surface area (Å²) in [4.78, 5) is 12.3. The molecule has 2 aromatic carbocycles. The van der Waals surface area contributed by atoms with E-state index in [2.05, 4.69) is 5.32 Å². The molecule has 0 aromatic heterocycles. The van der Waals surface area contributed by atoms with Crippen molar-refractivity contribution in [3.05, 3.63) is 60.2 Å². The maximum Gasteiger partial charge on any atom is 0.407 e. The van der Waals surface area contributed by atoms with Crippen LogP contribution in [0.15, 0.2) is 59.5 Å². The molecule has 4 rings (SSSR count). The van der Waals surface area contributed by atoms with Crippen LogP contribution < -0.4 is 11.1 Å². The number of amides is 1. The number of ether oxygens (including phenoxy) is 3. The quantitative estimate of drug-likeness (QED) is 0.357. The molecule has 2 aromatic rings. The zero-order valence-corrected chi connectivity index (χ0v) is 21.0. The van der Waals surface area contributed by atoms with Gasteiger partial charge in [-0.15, -0.1) is 0 Å². The molecule has 0 radical (unpaired) electrons. The Morgan fingerprint density at radius 3 is 2.68 bits per heavy atom. The lowest BCUT2D eigenvalue weighted by molar-refractivity contribution is -0.0907. The summed E-state index contributed by atoms with van der Waals surface area (Å²) >= 11 is 0. The predicted octanol–water partition coefficient (Wildman–Crippen LogP) is 2.38. The number of anilines is 1. The second-order valence-corrected chi connectivity index (χ2v) is 10.5. The van der Waals surface area contributed by atoms with Gasteiger partial charge >= 0.3 is 6.09 Å². The number of fused-ring (bicyclic) bond motifs is 1. The highest BCUT2D eigenvalue weighted by molar-refractivity contribution is 7.89.